The van der Waals surface area contributed by atoms with Gasteiger partial charge in [-0.15, -0.1) is 0 Å². The number of piperidine rings is 1. The molecular weight excluding hydrogens is 458 g/mol. The fourth-order valence-electron chi connectivity index (χ4n) is 8.07. The van der Waals surface area contributed by atoms with Crippen LogP contribution in [0.2, 0.25) is 0 Å². The van der Waals surface area contributed by atoms with Crippen molar-refractivity contribution in [1.82, 2.24) is 4.90 Å². The minimum atomic E-state index is -0.865. The second kappa shape index (κ2) is 9.64. The molecule has 0 aromatic heterocycles. The van der Waals surface area contributed by atoms with Crippen LogP contribution in [-0.2, 0) is 26.2 Å². The fraction of sp³-hybridized carbons (Fsp3) is 0.724. The molecule has 198 valence electrons. The molecule has 5 atom stereocenters. The van der Waals surface area contributed by atoms with Gasteiger partial charge in [0.2, 0.25) is 0 Å². The second-order valence-corrected chi connectivity index (χ2v) is 11.9. The molecule has 3 aliphatic carbocycles. The van der Waals surface area contributed by atoms with Crippen LogP contribution in [0.15, 0.2) is 12.1 Å². The number of likely N-dealkylation sites (tertiary alicyclic amines) is 1. The molecular formula is C29H41NO6. The van der Waals surface area contributed by atoms with Crippen LogP contribution in [0, 0.1) is 17.3 Å². The number of hydrogen-bond acceptors (Lipinski definition) is 6. The monoisotopic (exact) mass is 499 g/mol. The van der Waals surface area contributed by atoms with Gasteiger partial charge in [-0.3, -0.25) is 14.5 Å². The van der Waals surface area contributed by atoms with Gasteiger partial charge in [0.25, 0.3) is 0 Å². The molecule has 1 aromatic rings. The molecule has 1 heterocycles. The van der Waals surface area contributed by atoms with E-state index in [1.807, 2.05) is 0 Å². The third-order valence-corrected chi connectivity index (χ3v) is 10.1. The zero-order chi connectivity index (χ0) is 25.7. The lowest BCUT2D eigenvalue weighted by molar-refractivity contribution is -0.150. The van der Waals surface area contributed by atoms with E-state index in [2.05, 4.69) is 24.8 Å². The number of nitrogens with zero attached hydrogens (tertiary/aromatic N) is 1. The molecule has 0 radical (unpaired) electrons. The smallest absolute Gasteiger partial charge is 0.311 e. The maximum Gasteiger partial charge on any atom is 0.311 e. The molecule has 0 spiro atoms. The molecule has 4 aliphatic rings. The highest BCUT2D eigenvalue weighted by Gasteiger charge is 2.66. The van der Waals surface area contributed by atoms with Crippen molar-refractivity contribution in [2.75, 3.05) is 20.2 Å². The van der Waals surface area contributed by atoms with Crippen molar-refractivity contribution in [1.29, 1.82) is 0 Å². The van der Waals surface area contributed by atoms with Crippen LogP contribution in [0.25, 0.3) is 0 Å². The first-order valence-electron chi connectivity index (χ1n) is 13.8. The van der Waals surface area contributed by atoms with E-state index in [0.29, 0.717) is 18.9 Å². The van der Waals surface area contributed by atoms with Gasteiger partial charge < -0.3 is 19.7 Å². The van der Waals surface area contributed by atoms with Crippen LogP contribution in [0.3, 0.4) is 0 Å². The Kier molecular flexibility index (Phi) is 6.83. The number of carbonyl (C=O) groups is 2. The molecule has 3 fully saturated rings. The van der Waals surface area contributed by atoms with Crippen LogP contribution < -0.4 is 4.74 Å². The molecule has 7 heteroatoms. The number of phenolic OH excluding ortho intramolecular Hbond substituents is 1. The number of aliphatic carboxylic acids is 1. The van der Waals surface area contributed by atoms with Crippen LogP contribution in [-0.4, -0.2) is 59.4 Å². The van der Waals surface area contributed by atoms with Gasteiger partial charge in [0.05, 0.1) is 6.10 Å². The summed E-state index contributed by atoms with van der Waals surface area (Å²) >= 11 is 0. The average Bonchev–Trinajstić information content (AvgIpc) is 3.65. The van der Waals surface area contributed by atoms with Gasteiger partial charge in [0.1, 0.15) is 0 Å². The lowest BCUT2D eigenvalue weighted by Gasteiger charge is -2.68. The summed E-state index contributed by atoms with van der Waals surface area (Å²) in [4.78, 5) is 26.0. The van der Waals surface area contributed by atoms with E-state index in [1.54, 1.807) is 13.2 Å². The van der Waals surface area contributed by atoms with E-state index in [0.717, 1.165) is 43.7 Å². The molecule has 7 nitrogen and oxygen atoms in total. The van der Waals surface area contributed by atoms with E-state index in [9.17, 15) is 14.7 Å². The number of carbonyl (C=O) groups excluding carboxylic acids is 1. The van der Waals surface area contributed by atoms with Gasteiger partial charge in [0, 0.05) is 43.5 Å². The van der Waals surface area contributed by atoms with Crippen molar-refractivity contribution in [3.8, 4) is 11.5 Å². The largest absolute Gasteiger partial charge is 0.504 e. The SMILES string of the molecule is COC1CCC2(C)[C@H]3Cc4ccc(OC(=O)CCCCC(=O)O)c(O)c4[C@@]2(CCN3CC2CC2)C1C. The molecule has 1 saturated heterocycles. The number of methoxy groups -OCH3 is 1. The Morgan fingerprint density at radius 1 is 1.14 bits per heavy atom. The third kappa shape index (κ3) is 4.12. The standard InChI is InChI=1S/C29H41NO6/c1-18-21(35-3)12-13-28(2)23-16-20-10-11-22(36-25(33)7-5-4-6-24(31)32)27(34)26(20)29(18,28)14-15-30(23)17-19-8-9-19/h10-11,18-19,21,23,34H,4-9,12-17H2,1-3H3,(H,31,32)/t18?,21?,23-,28?,29-/m1/s1. The van der Waals surface area contributed by atoms with Crippen molar-refractivity contribution in [2.24, 2.45) is 17.3 Å². The van der Waals surface area contributed by atoms with Gasteiger partial charge in [-0.25, -0.2) is 0 Å². The summed E-state index contributed by atoms with van der Waals surface area (Å²) in [5.41, 5.74) is 1.88. The van der Waals surface area contributed by atoms with Crippen molar-refractivity contribution >= 4 is 11.9 Å². The van der Waals surface area contributed by atoms with Gasteiger partial charge >= 0.3 is 11.9 Å². The molecule has 2 N–H and O–H groups in total. The van der Waals surface area contributed by atoms with E-state index in [1.165, 1.54) is 24.9 Å². The fourth-order valence-corrected chi connectivity index (χ4v) is 8.07. The third-order valence-electron chi connectivity index (χ3n) is 10.1. The van der Waals surface area contributed by atoms with Gasteiger partial charge in [0.15, 0.2) is 11.5 Å². The highest BCUT2D eigenvalue weighted by molar-refractivity contribution is 5.74. The van der Waals surface area contributed by atoms with Crippen molar-refractivity contribution in [3.05, 3.63) is 23.3 Å². The quantitative estimate of drug-likeness (QED) is 0.289. The van der Waals surface area contributed by atoms with Crippen molar-refractivity contribution in [2.45, 2.75) is 95.6 Å². The normalized spacial score (nSPS) is 33.5. The molecule has 2 saturated carbocycles. The zero-order valence-corrected chi connectivity index (χ0v) is 21.9. The van der Waals surface area contributed by atoms with E-state index in [-0.39, 0.29) is 47.2 Å². The molecule has 1 aromatic carbocycles. The number of carboxylic acid groups (broad SMARTS) is 1. The van der Waals surface area contributed by atoms with E-state index in [4.69, 9.17) is 14.6 Å². The number of rotatable bonds is 9. The van der Waals surface area contributed by atoms with Crippen molar-refractivity contribution in [3.63, 3.8) is 0 Å². The van der Waals surface area contributed by atoms with E-state index >= 15 is 0 Å². The maximum atomic E-state index is 12.5. The number of unbranched alkanes of at least 4 members (excludes halogenated alkanes) is 1. The summed E-state index contributed by atoms with van der Waals surface area (Å²) in [6, 6.07) is 4.23. The van der Waals surface area contributed by atoms with Gasteiger partial charge in [-0.1, -0.05) is 19.9 Å². The predicted octanol–water partition coefficient (Wildman–Crippen LogP) is 4.67. The summed E-state index contributed by atoms with van der Waals surface area (Å²) in [5, 5.41) is 20.5. The first-order chi connectivity index (χ1) is 17.2. The zero-order valence-electron chi connectivity index (χ0n) is 21.9. The summed E-state index contributed by atoms with van der Waals surface area (Å²) < 4.78 is 11.6. The summed E-state index contributed by atoms with van der Waals surface area (Å²) in [6.07, 6.45) is 7.79. The summed E-state index contributed by atoms with van der Waals surface area (Å²) in [5.74, 6) is 0.0834. The van der Waals surface area contributed by atoms with Crippen LogP contribution in [0.4, 0.5) is 0 Å². The highest BCUT2D eigenvalue weighted by Crippen LogP contribution is 2.67. The molecule has 36 heavy (non-hydrogen) atoms. The number of aromatic hydroxyl groups is 1. The average molecular weight is 500 g/mol. The Balaban J connectivity index is 1.48. The number of carboxylic acids is 1. The Morgan fingerprint density at radius 3 is 2.58 bits per heavy atom. The summed E-state index contributed by atoms with van der Waals surface area (Å²) in [7, 11) is 1.80. The minimum absolute atomic E-state index is 0.00146. The van der Waals surface area contributed by atoms with Crippen molar-refractivity contribution < 1.29 is 29.3 Å². The first kappa shape index (κ1) is 25.5. The van der Waals surface area contributed by atoms with Gasteiger partial charge in [-0.2, -0.15) is 0 Å². The molecule has 3 unspecified atom stereocenters. The molecule has 1 aliphatic heterocycles. The minimum Gasteiger partial charge on any atom is -0.504 e. The maximum absolute atomic E-state index is 12.5. The molecule has 2 bridgehead atoms. The van der Waals surface area contributed by atoms with Crippen LogP contribution >= 0.6 is 0 Å². The Morgan fingerprint density at radius 2 is 1.89 bits per heavy atom. The second-order valence-electron chi connectivity index (χ2n) is 11.9. The number of phenols is 1. The van der Waals surface area contributed by atoms with Crippen LogP contribution in [0.5, 0.6) is 11.5 Å². The Bertz CT molecular complexity index is 1020. The van der Waals surface area contributed by atoms with Gasteiger partial charge in [-0.05, 0) is 86.8 Å². The Labute approximate surface area is 214 Å². The highest BCUT2D eigenvalue weighted by atomic mass is 16.5. The molecule has 0 amide bonds. The number of benzene rings is 1. The number of ether oxygens (including phenoxy) is 2. The topological polar surface area (TPSA) is 96.3 Å². The number of fused-ring (bicyclic) bond motifs is 1. The first-order valence-corrected chi connectivity index (χ1v) is 13.8. The summed E-state index contributed by atoms with van der Waals surface area (Å²) in [6.45, 7) is 6.92. The lowest BCUT2D eigenvalue weighted by Crippen LogP contribution is -2.71. The molecule has 5 rings (SSSR count). The number of esters is 1. The van der Waals surface area contributed by atoms with E-state index < -0.39 is 11.9 Å². The number of hydrogen-bond donors (Lipinski definition) is 2. The Hall–Kier alpha value is -2.12. The lowest BCUT2D eigenvalue weighted by atomic mass is 9.41. The van der Waals surface area contributed by atoms with Crippen LogP contribution in [0.1, 0.15) is 82.8 Å². The predicted molar refractivity (Wildman–Crippen MR) is 135 cm³/mol.